The summed E-state index contributed by atoms with van der Waals surface area (Å²) in [5, 5.41) is 11.2. The molecule has 31 heavy (non-hydrogen) atoms. The molecular formula is C20H15Cl2N3O5S. The predicted molar refractivity (Wildman–Crippen MR) is 120 cm³/mol. The number of carbonyl (C=O) groups is 2. The van der Waals surface area contributed by atoms with E-state index in [1.54, 1.807) is 12.1 Å². The van der Waals surface area contributed by atoms with Gasteiger partial charge in [-0.2, -0.15) is 0 Å². The van der Waals surface area contributed by atoms with Gasteiger partial charge in [-0.1, -0.05) is 23.2 Å². The molecule has 0 bridgehead atoms. The van der Waals surface area contributed by atoms with Crippen LogP contribution in [-0.4, -0.2) is 45.7 Å². The molecule has 1 saturated heterocycles. The molecule has 160 valence electrons. The van der Waals surface area contributed by atoms with Gasteiger partial charge in [0.05, 0.1) is 15.0 Å². The lowest BCUT2D eigenvalue weighted by atomic mass is 10.1. The molecule has 3 rings (SSSR count). The summed E-state index contributed by atoms with van der Waals surface area (Å²) >= 11 is 17.7. The molecule has 2 aromatic rings. The second-order valence-corrected chi connectivity index (χ2v) is 7.77. The number of non-ortho nitro benzene ring substituents is 1. The van der Waals surface area contributed by atoms with Crippen LogP contribution in [0.2, 0.25) is 10.0 Å². The molecular weight excluding hydrogens is 465 g/mol. The topological polar surface area (TPSA) is 93.0 Å². The fourth-order valence-electron chi connectivity index (χ4n) is 2.81. The Morgan fingerprint density at radius 3 is 2.06 bits per heavy atom. The van der Waals surface area contributed by atoms with Gasteiger partial charge in [0.15, 0.2) is 10.9 Å². The summed E-state index contributed by atoms with van der Waals surface area (Å²) in [6.07, 6.45) is 1.39. The molecule has 1 fully saturated rings. The molecule has 8 nitrogen and oxygen atoms in total. The van der Waals surface area contributed by atoms with E-state index in [1.165, 1.54) is 54.2 Å². The van der Waals surface area contributed by atoms with E-state index in [0.29, 0.717) is 11.1 Å². The fourth-order valence-corrected chi connectivity index (χ4v) is 3.59. The lowest BCUT2D eigenvalue weighted by Gasteiger charge is -2.31. The van der Waals surface area contributed by atoms with Crippen molar-refractivity contribution in [1.29, 1.82) is 0 Å². The van der Waals surface area contributed by atoms with Crippen molar-refractivity contribution < 1.29 is 19.2 Å². The van der Waals surface area contributed by atoms with Crippen LogP contribution in [-0.2, 0) is 16.2 Å². The number of nitro groups is 1. The number of nitro benzene ring substituents is 1. The zero-order valence-corrected chi connectivity index (χ0v) is 18.6. The van der Waals surface area contributed by atoms with E-state index in [9.17, 15) is 19.7 Å². The van der Waals surface area contributed by atoms with Crippen LogP contribution < -0.4 is 4.74 Å². The Hall–Kier alpha value is -3.01. The minimum absolute atomic E-state index is 0.0268. The van der Waals surface area contributed by atoms with E-state index in [4.69, 9.17) is 40.2 Å². The summed E-state index contributed by atoms with van der Waals surface area (Å²) in [6.45, 7) is 0.0852. The van der Waals surface area contributed by atoms with Crippen LogP contribution in [0.1, 0.15) is 11.1 Å². The van der Waals surface area contributed by atoms with E-state index in [-0.39, 0.29) is 38.8 Å². The lowest BCUT2D eigenvalue weighted by molar-refractivity contribution is -0.384. The maximum Gasteiger partial charge on any atom is 0.269 e. The molecule has 1 heterocycles. The van der Waals surface area contributed by atoms with Crippen molar-refractivity contribution in [3.8, 4) is 5.75 Å². The van der Waals surface area contributed by atoms with Gasteiger partial charge in [-0.3, -0.25) is 29.5 Å². The van der Waals surface area contributed by atoms with Crippen molar-refractivity contribution in [2.75, 3.05) is 14.1 Å². The van der Waals surface area contributed by atoms with Crippen LogP contribution in [0.3, 0.4) is 0 Å². The molecule has 0 aliphatic carbocycles. The van der Waals surface area contributed by atoms with Gasteiger partial charge in [-0.05, 0) is 53.7 Å². The number of amides is 2. The third-order valence-electron chi connectivity index (χ3n) is 4.51. The van der Waals surface area contributed by atoms with E-state index in [0.717, 1.165) is 0 Å². The van der Waals surface area contributed by atoms with Gasteiger partial charge in [0, 0.05) is 26.2 Å². The molecule has 0 unspecified atom stereocenters. The zero-order valence-electron chi connectivity index (χ0n) is 16.3. The molecule has 2 aromatic carbocycles. The van der Waals surface area contributed by atoms with Gasteiger partial charge in [-0.25, -0.2) is 0 Å². The smallest absolute Gasteiger partial charge is 0.269 e. The first-order valence-corrected chi connectivity index (χ1v) is 9.93. The zero-order chi connectivity index (χ0) is 22.9. The number of likely N-dealkylation sites (N-methyl/N-ethyl adjacent to an activating group) is 2. The van der Waals surface area contributed by atoms with E-state index in [2.05, 4.69) is 0 Å². The molecule has 11 heteroatoms. The summed E-state index contributed by atoms with van der Waals surface area (Å²) in [5.41, 5.74) is 1.01. The Morgan fingerprint density at radius 2 is 1.58 bits per heavy atom. The van der Waals surface area contributed by atoms with Crippen LogP contribution >= 0.6 is 35.4 Å². The highest BCUT2D eigenvalue weighted by molar-refractivity contribution is 7.80. The van der Waals surface area contributed by atoms with Gasteiger partial charge < -0.3 is 4.74 Å². The number of rotatable bonds is 5. The largest absolute Gasteiger partial charge is 0.486 e. The Balaban J connectivity index is 1.82. The summed E-state index contributed by atoms with van der Waals surface area (Å²) < 4.78 is 5.67. The van der Waals surface area contributed by atoms with Crippen LogP contribution in [0.5, 0.6) is 5.75 Å². The second-order valence-electron chi connectivity index (χ2n) is 6.59. The first-order valence-electron chi connectivity index (χ1n) is 8.77. The average Bonchev–Trinajstić information content (AvgIpc) is 2.73. The summed E-state index contributed by atoms with van der Waals surface area (Å²) in [6, 6.07) is 8.90. The highest BCUT2D eigenvalue weighted by atomic mass is 35.5. The Bertz CT molecular complexity index is 1090. The van der Waals surface area contributed by atoms with Gasteiger partial charge in [0.1, 0.15) is 12.2 Å². The molecule has 0 saturated carbocycles. The van der Waals surface area contributed by atoms with Crippen molar-refractivity contribution >= 4 is 64.1 Å². The number of nitrogens with zero attached hydrogens (tertiary/aromatic N) is 3. The molecule has 0 atom stereocenters. The third kappa shape index (κ3) is 4.68. The third-order valence-corrected chi connectivity index (χ3v) is 5.62. The SMILES string of the molecule is CN1C(=O)C(=Cc2cc(Cl)c(OCc3ccc([N+](=O)[O-])cc3)c(Cl)c2)C(=O)N(C)C1=S. The maximum atomic E-state index is 12.4. The molecule has 1 aliphatic rings. The molecule has 0 spiro atoms. The minimum Gasteiger partial charge on any atom is -0.486 e. The number of benzene rings is 2. The lowest BCUT2D eigenvalue weighted by Crippen LogP contribution is -2.52. The van der Waals surface area contributed by atoms with Gasteiger partial charge in [0.2, 0.25) is 0 Å². The molecule has 0 N–H and O–H groups in total. The minimum atomic E-state index is -0.529. The van der Waals surface area contributed by atoms with Crippen LogP contribution in [0, 0.1) is 10.1 Å². The monoisotopic (exact) mass is 479 g/mol. The van der Waals surface area contributed by atoms with Crippen molar-refractivity contribution in [2.24, 2.45) is 0 Å². The van der Waals surface area contributed by atoms with Gasteiger partial charge in [0.25, 0.3) is 17.5 Å². The Labute approximate surface area is 192 Å². The standard InChI is InChI=1S/C20H15Cl2N3O5S/c1-23-18(26)14(19(27)24(2)20(23)31)7-12-8-15(21)17(16(22)9-12)30-10-11-3-5-13(6-4-11)25(28)29/h3-9H,10H2,1-2H3. The Kier molecular flexibility index (Phi) is 6.59. The van der Waals surface area contributed by atoms with Crippen molar-refractivity contribution in [1.82, 2.24) is 9.80 Å². The molecule has 2 amide bonds. The summed E-state index contributed by atoms with van der Waals surface area (Å²) in [7, 11) is 2.97. The normalized spacial score (nSPS) is 14.2. The van der Waals surface area contributed by atoms with E-state index in [1.807, 2.05) is 0 Å². The first kappa shape index (κ1) is 22.7. The summed E-state index contributed by atoms with van der Waals surface area (Å²) in [4.78, 5) is 37.5. The quantitative estimate of drug-likeness (QED) is 0.211. The van der Waals surface area contributed by atoms with E-state index < -0.39 is 16.7 Å². The highest BCUT2D eigenvalue weighted by Crippen LogP contribution is 2.36. The van der Waals surface area contributed by atoms with Gasteiger partial charge in [-0.15, -0.1) is 0 Å². The number of hydrogen-bond donors (Lipinski definition) is 0. The van der Waals surface area contributed by atoms with Crippen LogP contribution in [0.15, 0.2) is 42.0 Å². The van der Waals surface area contributed by atoms with Crippen LogP contribution in [0.25, 0.3) is 6.08 Å². The summed E-state index contributed by atoms with van der Waals surface area (Å²) in [5.74, 6) is -0.849. The highest BCUT2D eigenvalue weighted by Gasteiger charge is 2.35. The van der Waals surface area contributed by atoms with Crippen molar-refractivity contribution in [3.05, 3.63) is 73.3 Å². The number of thiocarbonyl (C=S) groups is 1. The van der Waals surface area contributed by atoms with Crippen molar-refractivity contribution in [3.63, 3.8) is 0 Å². The molecule has 0 aromatic heterocycles. The maximum absolute atomic E-state index is 12.4. The predicted octanol–water partition coefficient (Wildman–Crippen LogP) is 4.08. The number of ether oxygens (including phenoxy) is 1. The average molecular weight is 480 g/mol. The second kappa shape index (κ2) is 9.01. The Morgan fingerprint density at radius 1 is 1.06 bits per heavy atom. The molecule has 0 radical (unpaired) electrons. The van der Waals surface area contributed by atoms with E-state index >= 15 is 0 Å². The van der Waals surface area contributed by atoms with Crippen LogP contribution in [0.4, 0.5) is 5.69 Å². The van der Waals surface area contributed by atoms with Crippen molar-refractivity contribution in [2.45, 2.75) is 6.61 Å². The number of hydrogen-bond acceptors (Lipinski definition) is 6. The number of halogens is 2. The fraction of sp³-hybridized carbons (Fsp3) is 0.150. The first-order chi connectivity index (χ1) is 14.6. The number of carbonyl (C=O) groups excluding carboxylic acids is 2. The van der Waals surface area contributed by atoms with Gasteiger partial charge >= 0.3 is 0 Å². The molecule has 1 aliphatic heterocycles.